The van der Waals surface area contributed by atoms with Crippen LogP contribution < -0.4 is 5.32 Å². The molecule has 0 radical (unpaired) electrons. The van der Waals surface area contributed by atoms with Crippen molar-refractivity contribution in [3.63, 3.8) is 0 Å². The van der Waals surface area contributed by atoms with E-state index in [9.17, 15) is 0 Å². The fourth-order valence-corrected chi connectivity index (χ4v) is 1.32. The van der Waals surface area contributed by atoms with Crippen LogP contribution in [-0.2, 0) is 13.1 Å². The molecule has 0 spiro atoms. The Bertz CT molecular complexity index is 316. The summed E-state index contributed by atoms with van der Waals surface area (Å²) in [6.07, 6.45) is 8.11. The Morgan fingerprint density at radius 2 is 2.47 bits per heavy atom. The molecule has 2 aromatic rings. The molecule has 0 fully saturated rings. The number of hydrogen-bond donors (Lipinski definition) is 2. The third-order valence-electron chi connectivity index (χ3n) is 2.08. The van der Waals surface area contributed by atoms with Crippen LogP contribution in [0.5, 0.6) is 0 Å². The number of nitrogens with one attached hydrogen (secondary N) is 2. The highest BCUT2D eigenvalue weighted by Crippen LogP contribution is 1.90. The number of aryl methyl sites for hydroxylation is 1. The van der Waals surface area contributed by atoms with Gasteiger partial charge in [-0.05, 0) is 13.0 Å². The predicted molar refractivity (Wildman–Crippen MR) is 54.9 cm³/mol. The normalized spacial score (nSPS) is 10.7. The van der Waals surface area contributed by atoms with Crippen LogP contribution in [0.15, 0.2) is 24.9 Å². The van der Waals surface area contributed by atoms with Gasteiger partial charge in [0.05, 0.1) is 12.5 Å². The molecule has 2 aromatic heterocycles. The first-order valence-corrected chi connectivity index (χ1v) is 4.97. The molecule has 0 aliphatic carbocycles. The van der Waals surface area contributed by atoms with Crippen LogP contribution in [0.1, 0.15) is 12.1 Å². The van der Waals surface area contributed by atoms with Gasteiger partial charge in [-0.2, -0.15) is 0 Å². The van der Waals surface area contributed by atoms with Crippen LogP contribution >= 0.6 is 0 Å². The van der Waals surface area contributed by atoms with Gasteiger partial charge < -0.3 is 10.3 Å². The Morgan fingerprint density at radius 1 is 1.47 bits per heavy atom. The maximum atomic E-state index is 3.94. The highest BCUT2D eigenvalue weighted by atomic mass is 15.4. The lowest BCUT2D eigenvalue weighted by Gasteiger charge is -2.02. The molecule has 0 saturated heterocycles. The van der Waals surface area contributed by atoms with Gasteiger partial charge in [0.25, 0.3) is 0 Å². The number of hydrogen-bond acceptors (Lipinski definition) is 4. The summed E-state index contributed by atoms with van der Waals surface area (Å²) in [6, 6.07) is 0. The van der Waals surface area contributed by atoms with Gasteiger partial charge in [0.2, 0.25) is 0 Å². The first-order chi connectivity index (χ1) is 7.45. The van der Waals surface area contributed by atoms with Crippen molar-refractivity contribution >= 4 is 0 Å². The molecule has 0 atom stereocenters. The van der Waals surface area contributed by atoms with Gasteiger partial charge in [-0.1, -0.05) is 5.21 Å². The van der Waals surface area contributed by atoms with Gasteiger partial charge in [0.1, 0.15) is 0 Å². The smallest absolute Gasteiger partial charge is 0.0922 e. The van der Waals surface area contributed by atoms with E-state index in [4.69, 9.17) is 0 Å². The molecule has 15 heavy (non-hydrogen) atoms. The topological polar surface area (TPSA) is 71.4 Å². The number of rotatable bonds is 6. The van der Waals surface area contributed by atoms with Gasteiger partial charge >= 0.3 is 0 Å². The maximum absolute atomic E-state index is 3.94. The summed E-state index contributed by atoms with van der Waals surface area (Å²) in [5.74, 6) is 0. The molecule has 6 heteroatoms. The summed E-state index contributed by atoms with van der Waals surface area (Å²) in [4.78, 5) is 6.98. The van der Waals surface area contributed by atoms with E-state index < -0.39 is 0 Å². The van der Waals surface area contributed by atoms with Gasteiger partial charge in [0, 0.05) is 31.2 Å². The van der Waals surface area contributed by atoms with Gasteiger partial charge in [0.15, 0.2) is 0 Å². The van der Waals surface area contributed by atoms with E-state index in [1.54, 1.807) is 12.5 Å². The molecule has 80 valence electrons. The zero-order valence-corrected chi connectivity index (χ0v) is 8.43. The highest BCUT2D eigenvalue weighted by Gasteiger charge is 1.94. The lowest BCUT2D eigenvalue weighted by molar-refractivity contribution is 0.528. The molecule has 0 aliphatic heterocycles. The van der Waals surface area contributed by atoms with E-state index in [1.807, 2.05) is 17.1 Å². The minimum Gasteiger partial charge on any atom is -0.347 e. The van der Waals surface area contributed by atoms with E-state index in [2.05, 4.69) is 25.6 Å². The largest absolute Gasteiger partial charge is 0.347 e. The molecule has 6 nitrogen and oxygen atoms in total. The van der Waals surface area contributed by atoms with E-state index >= 15 is 0 Å². The van der Waals surface area contributed by atoms with Crippen molar-refractivity contribution in [2.45, 2.75) is 19.5 Å². The minimum absolute atomic E-state index is 0.831. The molecular formula is C9H14N6. The summed E-state index contributed by atoms with van der Waals surface area (Å²) in [7, 11) is 0. The summed E-state index contributed by atoms with van der Waals surface area (Å²) < 4.78 is 1.83. The average molecular weight is 206 g/mol. The summed E-state index contributed by atoms with van der Waals surface area (Å²) in [5.41, 5.74) is 1.11. The molecule has 0 saturated carbocycles. The lowest BCUT2D eigenvalue weighted by Crippen LogP contribution is -2.16. The number of aromatic nitrogens is 5. The first kappa shape index (κ1) is 9.85. The fraction of sp³-hybridized carbons (Fsp3) is 0.444. The van der Waals surface area contributed by atoms with Crippen molar-refractivity contribution < 1.29 is 0 Å². The zero-order chi connectivity index (χ0) is 10.3. The molecule has 0 aliphatic rings. The van der Waals surface area contributed by atoms with Crippen molar-refractivity contribution in [2.75, 3.05) is 6.54 Å². The SMILES string of the molecule is c1cn(CCCNCc2cnc[nH]2)nn1. The number of nitrogens with zero attached hydrogens (tertiary/aromatic N) is 4. The van der Waals surface area contributed by atoms with Crippen molar-refractivity contribution in [2.24, 2.45) is 0 Å². The van der Waals surface area contributed by atoms with Crippen LogP contribution in [0.25, 0.3) is 0 Å². The van der Waals surface area contributed by atoms with Crippen LogP contribution in [0.3, 0.4) is 0 Å². The molecule has 2 rings (SSSR count). The third kappa shape index (κ3) is 3.17. The van der Waals surface area contributed by atoms with Crippen molar-refractivity contribution in [1.29, 1.82) is 0 Å². The van der Waals surface area contributed by atoms with E-state index in [0.29, 0.717) is 0 Å². The van der Waals surface area contributed by atoms with Crippen molar-refractivity contribution in [3.8, 4) is 0 Å². The van der Waals surface area contributed by atoms with Gasteiger partial charge in [-0.3, -0.25) is 4.68 Å². The van der Waals surface area contributed by atoms with E-state index in [0.717, 1.165) is 31.7 Å². The van der Waals surface area contributed by atoms with Crippen molar-refractivity contribution in [1.82, 2.24) is 30.3 Å². The standard InChI is InChI=1S/C9H14N6/c1(4-15-5-3-13-14-15)2-10-6-9-7-11-8-12-9/h3,5,7-8,10H,1-2,4,6H2,(H,11,12). The highest BCUT2D eigenvalue weighted by molar-refractivity contribution is 4.92. The number of imidazole rings is 1. The van der Waals surface area contributed by atoms with Gasteiger partial charge in [-0.25, -0.2) is 4.98 Å². The van der Waals surface area contributed by atoms with Crippen LogP contribution in [0.2, 0.25) is 0 Å². The van der Waals surface area contributed by atoms with Crippen LogP contribution in [0, 0.1) is 0 Å². The molecular weight excluding hydrogens is 192 g/mol. The second-order valence-electron chi connectivity index (χ2n) is 3.27. The molecule has 0 bridgehead atoms. The number of H-pyrrole nitrogens is 1. The zero-order valence-electron chi connectivity index (χ0n) is 8.43. The lowest BCUT2D eigenvalue weighted by atomic mass is 10.4. The summed E-state index contributed by atoms with van der Waals surface area (Å²) >= 11 is 0. The predicted octanol–water partition coefficient (Wildman–Crippen LogP) is 0.181. The van der Waals surface area contributed by atoms with Gasteiger partial charge in [-0.15, -0.1) is 5.10 Å². The van der Waals surface area contributed by atoms with E-state index in [1.165, 1.54) is 0 Å². The fourth-order valence-electron chi connectivity index (χ4n) is 1.32. The third-order valence-corrected chi connectivity index (χ3v) is 2.08. The second kappa shape index (κ2) is 5.26. The molecule has 0 aromatic carbocycles. The molecule has 2 N–H and O–H groups in total. The average Bonchev–Trinajstić information content (AvgIpc) is 2.88. The Labute approximate surface area is 87.7 Å². The minimum atomic E-state index is 0.831. The monoisotopic (exact) mass is 206 g/mol. The second-order valence-corrected chi connectivity index (χ2v) is 3.27. The first-order valence-electron chi connectivity index (χ1n) is 4.97. The molecule has 0 amide bonds. The van der Waals surface area contributed by atoms with Crippen LogP contribution in [0.4, 0.5) is 0 Å². The Morgan fingerprint density at radius 3 is 3.20 bits per heavy atom. The molecule has 0 unspecified atom stereocenters. The summed E-state index contributed by atoms with van der Waals surface area (Å²) in [5, 5.41) is 10.9. The van der Waals surface area contributed by atoms with Crippen molar-refractivity contribution in [3.05, 3.63) is 30.6 Å². The summed E-state index contributed by atoms with van der Waals surface area (Å²) in [6.45, 7) is 2.69. The van der Waals surface area contributed by atoms with Crippen LogP contribution in [-0.4, -0.2) is 31.5 Å². The Hall–Kier alpha value is -1.69. The quantitative estimate of drug-likeness (QED) is 0.661. The Kier molecular flexibility index (Phi) is 3.45. The number of aromatic amines is 1. The molecule has 2 heterocycles. The Balaban J connectivity index is 1.56. The van der Waals surface area contributed by atoms with E-state index in [-0.39, 0.29) is 0 Å². The maximum Gasteiger partial charge on any atom is 0.0922 e.